The zero-order chi connectivity index (χ0) is 9.78. The van der Waals surface area contributed by atoms with Gasteiger partial charge in [-0.3, -0.25) is 0 Å². The molecule has 0 aromatic heterocycles. The Morgan fingerprint density at radius 3 is 2.08 bits per heavy atom. The second kappa shape index (κ2) is 4.26. The maximum Gasteiger partial charge on any atom is 0.336 e. The highest BCUT2D eigenvalue weighted by molar-refractivity contribution is 5.85. The van der Waals surface area contributed by atoms with Crippen molar-refractivity contribution in [1.29, 1.82) is 0 Å². The predicted octanol–water partition coefficient (Wildman–Crippen LogP) is 1.11. The standard InChI is InChI=1S/C9H17NO2/c1-5-10(4,6-2)7-8(3)9(11)12/h3,5-7H2,1-2,4H3/p+1. The largest absolute Gasteiger partial charge is 0.478 e. The van der Waals surface area contributed by atoms with Gasteiger partial charge in [0.25, 0.3) is 0 Å². The van der Waals surface area contributed by atoms with Gasteiger partial charge in [0.05, 0.1) is 25.7 Å². The summed E-state index contributed by atoms with van der Waals surface area (Å²) in [6.45, 7) is 10.0. The number of hydrogen-bond donors (Lipinski definition) is 1. The number of aliphatic carboxylic acids is 1. The molecule has 0 atom stereocenters. The van der Waals surface area contributed by atoms with Crippen molar-refractivity contribution in [2.24, 2.45) is 0 Å². The van der Waals surface area contributed by atoms with E-state index >= 15 is 0 Å². The molecule has 3 nitrogen and oxygen atoms in total. The minimum atomic E-state index is -0.888. The summed E-state index contributed by atoms with van der Waals surface area (Å²) < 4.78 is 0.741. The van der Waals surface area contributed by atoms with Gasteiger partial charge in [0.15, 0.2) is 0 Å². The molecule has 0 aromatic rings. The van der Waals surface area contributed by atoms with Crippen molar-refractivity contribution < 1.29 is 14.4 Å². The number of carbonyl (C=O) groups is 1. The highest BCUT2D eigenvalue weighted by Crippen LogP contribution is 2.05. The van der Waals surface area contributed by atoms with E-state index in [2.05, 4.69) is 20.4 Å². The lowest BCUT2D eigenvalue weighted by Gasteiger charge is -2.31. The van der Waals surface area contributed by atoms with Crippen LogP contribution in [0, 0.1) is 0 Å². The summed E-state index contributed by atoms with van der Waals surface area (Å²) in [5, 5.41) is 8.63. The molecule has 0 aliphatic heterocycles. The van der Waals surface area contributed by atoms with Crippen LogP contribution in [0.5, 0.6) is 0 Å². The van der Waals surface area contributed by atoms with Crippen molar-refractivity contribution in [3.63, 3.8) is 0 Å². The van der Waals surface area contributed by atoms with Gasteiger partial charge in [-0.25, -0.2) is 4.79 Å². The van der Waals surface area contributed by atoms with Crippen molar-refractivity contribution in [2.75, 3.05) is 26.7 Å². The summed E-state index contributed by atoms with van der Waals surface area (Å²) in [4.78, 5) is 10.5. The van der Waals surface area contributed by atoms with Gasteiger partial charge in [-0.15, -0.1) is 0 Å². The fourth-order valence-electron chi connectivity index (χ4n) is 0.976. The maximum atomic E-state index is 10.5. The van der Waals surface area contributed by atoms with E-state index in [4.69, 9.17) is 5.11 Å². The fraction of sp³-hybridized carbons (Fsp3) is 0.667. The molecule has 0 radical (unpaired) electrons. The van der Waals surface area contributed by atoms with Crippen LogP contribution in [0.25, 0.3) is 0 Å². The van der Waals surface area contributed by atoms with E-state index < -0.39 is 5.97 Å². The zero-order valence-electron chi connectivity index (χ0n) is 8.13. The summed E-state index contributed by atoms with van der Waals surface area (Å²) in [5.41, 5.74) is 0.293. The van der Waals surface area contributed by atoms with Crippen LogP contribution in [0.1, 0.15) is 13.8 Å². The molecule has 0 saturated carbocycles. The number of rotatable bonds is 5. The van der Waals surface area contributed by atoms with Crippen LogP contribution < -0.4 is 0 Å². The molecule has 0 amide bonds. The van der Waals surface area contributed by atoms with E-state index in [1.165, 1.54) is 0 Å². The lowest BCUT2D eigenvalue weighted by Crippen LogP contribution is -2.45. The highest BCUT2D eigenvalue weighted by Gasteiger charge is 2.20. The van der Waals surface area contributed by atoms with E-state index in [1.54, 1.807) is 0 Å². The molecule has 0 bridgehead atoms. The number of quaternary nitrogens is 1. The normalized spacial score (nSPS) is 11.2. The first-order valence-electron chi connectivity index (χ1n) is 4.19. The second-order valence-electron chi connectivity index (χ2n) is 3.32. The van der Waals surface area contributed by atoms with Crippen molar-refractivity contribution >= 4 is 5.97 Å². The molecule has 0 saturated heterocycles. The van der Waals surface area contributed by atoms with Crippen LogP contribution >= 0.6 is 0 Å². The molecular formula is C9H18NO2+. The summed E-state index contributed by atoms with van der Waals surface area (Å²) in [6, 6.07) is 0. The van der Waals surface area contributed by atoms with Gasteiger partial charge in [-0.1, -0.05) is 6.58 Å². The third-order valence-electron chi connectivity index (χ3n) is 2.40. The molecule has 0 aliphatic carbocycles. The molecular weight excluding hydrogens is 154 g/mol. The fourth-order valence-corrected chi connectivity index (χ4v) is 0.976. The lowest BCUT2D eigenvalue weighted by atomic mass is 10.2. The van der Waals surface area contributed by atoms with E-state index in [9.17, 15) is 4.79 Å². The quantitative estimate of drug-likeness (QED) is 0.498. The Balaban J connectivity index is 4.21. The summed E-state index contributed by atoms with van der Waals surface area (Å²) in [6.07, 6.45) is 0. The zero-order valence-corrected chi connectivity index (χ0v) is 8.13. The number of nitrogens with zero attached hydrogens (tertiary/aromatic N) is 1. The molecule has 0 aromatic carbocycles. The van der Waals surface area contributed by atoms with Crippen LogP contribution in [-0.4, -0.2) is 42.2 Å². The molecule has 0 heterocycles. The number of hydrogen-bond acceptors (Lipinski definition) is 1. The number of likely N-dealkylation sites (N-methyl/N-ethyl adjacent to an activating group) is 1. The minimum absolute atomic E-state index is 0.293. The molecule has 0 aliphatic rings. The SMILES string of the molecule is C=C(C[N+](C)(CC)CC)C(=O)O. The Kier molecular flexibility index (Phi) is 3.96. The number of carboxylic acid groups (broad SMARTS) is 1. The van der Waals surface area contributed by atoms with E-state index in [0.717, 1.165) is 17.6 Å². The minimum Gasteiger partial charge on any atom is -0.478 e. The van der Waals surface area contributed by atoms with E-state index in [0.29, 0.717) is 12.1 Å². The molecule has 0 spiro atoms. The molecule has 0 rings (SSSR count). The molecule has 0 unspecified atom stereocenters. The van der Waals surface area contributed by atoms with Crippen LogP contribution in [0.15, 0.2) is 12.2 Å². The Labute approximate surface area is 73.9 Å². The Morgan fingerprint density at radius 1 is 1.42 bits per heavy atom. The van der Waals surface area contributed by atoms with Crippen LogP contribution in [-0.2, 0) is 4.79 Å². The maximum absolute atomic E-state index is 10.5. The summed E-state index contributed by atoms with van der Waals surface area (Å²) in [5.74, 6) is -0.888. The molecule has 70 valence electrons. The average molecular weight is 172 g/mol. The molecule has 0 fully saturated rings. The first kappa shape index (κ1) is 11.2. The van der Waals surface area contributed by atoms with Crippen molar-refractivity contribution in [2.45, 2.75) is 13.8 Å². The lowest BCUT2D eigenvalue weighted by molar-refractivity contribution is -0.901. The van der Waals surface area contributed by atoms with E-state index in [-0.39, 0.29) is 0 Å². The van der Waals surface area contributed by atoms with E-state index in [1.807, 2.05) is 7.05 Å². The first-order chi connectivity index (χ1) is 5.45. The van der Waals surface area contributed by atoms with Crippen LogP contribution in [0.2, 0.25) is 0 Å². The highest BCUT2D eigenvalue weighted by atomic mass is 16.4. The van der Waals surface area contributed by atoms with Crippen molar-refractivity contribution in [3.05, 3.63) is 12.2 Å². The predicted molar refractivity (Wildman–Crippen MR) is 48.9 cm³/mol. The summed E-state index contributed by atoms with van der Waals surface area (Å²) >= 11 is 0. The number of carboxylic acids is 1. The Hall–Kier alpha value is -0.830. The third-order valence-corrected chi connectivity index (χ3v) is 2.40. The average Bonchev–Trinajstić information content (AvgIpc) is 2.04. The first-order valence-corrected chi connectivity index (χ1v) is 4.19. The second-order valence-corrected chi connectivity index (χ2v) is 3.32. The van der Waals surface area contributed by atoms with Gasteiger partial charge in [0.1, 0.15) is 6.54 Å². The summed E-state index contributed by atoms with van der Waals surface area (Å²) in [7, 11) is 2.04. The Bertz CT molecular complexity index is 183. The van der Waals surface area contributed by atoms with Gasteiger partial charge in [-0.2, -0.15) is 0 Å². The Morgan fingerprint density at radius 2 is 1.83 bits per heavy atom. The molecule has 12 heavy (non-hydrogen) atoms. The van der Waals surface area contributed by atoms with Gasteiger partial charge >= 0.3 is 5.97 Å². The topological polar surface area (TPSA) is 37.3 Å². The van der Waals surface area contributed by atoms with Crippen molar-refractivity contribution in [1.82, 2.24) is 0 Å². The monoisotopic (exact) mass is 172 g/mol. The third kappa shape index (κ3) is 3.05. The van der Waals surface area contributed by atoms with Gasteiger partial charge in [0, 0.05) is 0 Å². The molecule has 1 N–H and O–H groups in total. The van der Waals surface area contributed by atoms with Crippen molar-refractivity contribution in [3.8, 4) is 0 Å². The van der Waals surface area contributed by atoms with Gasteiger partial charge in [0.2, 0.25) is 0 Å². The van der Waals surface area contributed by atoms with Gasteiger partial charge < -0.3 is 9.59 Å². The van der Waals surface area contributed by atoms with Crippen LogP contribution in [0.4, 0.5) is 0 Å². The molecule has 3 heteroatoms. The van der Waals surface area contributed by atoms with Crippen LogP contribution in [0.3, 0.4) is 0 Å². The smallest absolute Gasteiger partial charge is 0.336 e. The van der Waals surface area contributed by atoms with Gasteiger partial charge in [-0.05, 0) is 13.8 Å².